The van der Waals surface area contributed by atoms with Crippen molar-refractivity contribution in [2.45, 2.75) is 40.7 Å². The van der Waals surface area contributed by atoms with Gasteiger partial charge in [-0.2, -0.15) is 0 Å². The Hall–Kier alpha value is -3.13. The van der Waals surface area contributed by atoms with E-state index in [2.05, 4.69) is 5.32 Å². The van der Waals surface area contributed by atoms with Crippen LogP contribution in [0.4, 0.5) is 11.4 Å². The molecule has 1 amide bonds. The average Bonchev–Trinajstić information content (AvgIpc) is 2.72. The Labute approximate surface area is 182 Å². The molecule has 0 spiro atoms. The van der Waals surface area contributed by atoms with E-state index in [-0.39, 0.29) is 23.8 Å². The van der Waals surface area contributed by atoms with E-state index in [0.717, 1.165) is 29.8 Å². The number of nitrogens with one attached hydrogen (secondary N) is 1. The van der Waals surface area contributed by atoms with Gasteiger partial charge in [0.15, 0.2) is 11.5 Å². The normalized spacial score (nSPS) is 13.4. The molecule has 0 fully saturated rings. The van der Waals surface area contributed by atoms with Gasteiger partial charge < -0.3 is 14.8 Å². The van der Waals surface area contributed by atoms with Crippen LogP contribution in [0.3, 0.4) is 0 Å². The fraction of sp³-hybridized carbons (Fsp3) is 0.435. The number of nitro benzene ring substituents is 1. The predicted octanol–water partition coefficient (Wildman–Crippen LogP) is 4.01. The third-order valence-electron chi connectivity index (χ3n) is 5.50. The number of ether oxygens (including phenoxy) is 2. The maximum Gasteiger partial charge on any atom is 0.293 e. The van der Waals surface area contributed by atoms with Gasteiger partial charge in [-0.05, 0) is 68.5 Å². The van der Waals surface area contributed by atoms with Crippen molar-refractivity contribution in [1.82, 2.24) is 4.90 Å². The molecular weight excluding hydrogens is 398 g/mol. The molecule has 166 valence electrons. The number of hydrogen-bond acceptors (Lipinski definition) is 6. The second kappa shape index (κ2) is 9.78. The van der Waals surface area contributed by atoms with Crippen LogP contribution in [0.25, 0.3) is 0 Å². The summed E-state index contributed by atoms with van der Waals surface area (Å²) < 4.78 is 11.4. The van der Waals surface area contributed by atoms with E-state index in [9.17, 15) is 14.9 Å². The summed E-state index contributed by atoms with van der Waals surface area (Å²) in [5.74, 6) is 1.19. The number of nitro groups is 1. The Morgan fingerprint density at radius 3 is 2.39 bits per heavy atom. The minimum atomic E-state index is -0.468. The molecule has 0 aliphatic carbocycles. The molecule has 8 nitrogen and oxygen atoms in total. The van der Waals surface area contributed by atoms with Gasteiger partial charge in [0.05, 0.1) is 24.7 Å². The number of anilines is 1. The SMILES string of the molecule is CCOc1cc2c(cc1OCC)CN(CC(=O)Nc1c([N+](=O)[O-])ccc(C)c1C)CC2. The highest BCUT2D eigenvalue weighted by Crippen LogP contribution is 2.34. The number of carbonyl (C=O) groups is 1. The van der Waals surface area contributed by atoms with E-state index in [0.29, 0.717) is 31.1 Å². The highest BCUT2D eigenvalue weighted by atomic mass is 16.6. The fourth-order valence-corrected chi connectivity index (χ4v) is 3.79. The Morgan fingerprint density at radius 2 is 1.77 bits per heavy atom. The van der Waals surface area contributed by atoms with E-state index in [1.807, 2.05) is 37.8 Å². The lowest BCUT2D eigenvalue weighted by Crippen LogP contribution is -2.37. The number of aryl methyl sites for hydroxylation is 1. The number of nitrogens with zero attached hydrogens (tertiary/aromatic N) is 2. The first kappa shape index (κ1) is 22.6. The van der Waals surface area contributed by atoms with Crippen LogP contribution in [-0.2, 0) is 17.8 Å². The van der Waals surface area contributed by atoms with Crippen LogP contribution >= 0.6 is 0 Å². The molecule has 1 N–H and O–H groups in total. The highest BCUT2D eigenvalue weighted by molar-refractivity contribution is 5.95. The molecule has 1 aliphatic rings. The van der Waals surface area contributed by atoms with Gasteiger partial charge in [-0.25, -0.2) is 0 Å². The van der Waals surface area contributed by atoms with E-state index >= 15 is 0 Å². The molecule has 0 radical (unpaired) electrons. The number of benzene rings is 2. The zero-order valence-electron chi connectivity index (χ0n) is 18.5. The van der Waals surface area contributed by atoms with E-state index in [4.69, 9.17) is 9.47 Å². The summed E-state index contributed by atoms with van der Waals surface area (Å²) in [4.78, 5) is 25.7. The van der Waals surface area contributed by atoms with Gasteiger partial charge in [0.1, 0.15) is 5.69 Å². The third kappa shape index (κ3) is 5.14. The van der Waals surface area contributed by atoms with Crippen LogP contribution < -0.4 is 14.8 Å². The Balaban J connectivity index is 1.73. The Morgan fingerprint density at radius 1 is 1.13 bits per heavy atom. The summed E-state index contributed by atoms with van der Waals surface area (Å²) in [6, 6.07) is 7.14. The Bertz CT molecular complexity index is 990. The molecule has 0 atom stereocenters. The molecule has 8 heteroatoms. The van der Waals surface area contributed by atoms with Gasteiger partial charge in [0, 0.05) is 19.2 Å². The maximum atomic E-state index is 12.7. The molecule has 0 saturated heterocycles. The molecule has 31 heavy (non-hydrogen) atoms. The van der Waals surface area contributed by atoms with E-state index in [1.54, 1.807) is 13.0 Å². The van der Waals surface area contributed by atoms with Gasteiger partial charge in [0.25, 0.3) is 5.69 Å². The van der Waals surface area contributed by atoms with Crippen molar-refractivity contribution in [3.8, 4) is 11.5 Å². The van der Waals surface area contributed by atoms with Crippen molar-refractivity contribution in [3.05, 3.63) is 56.6 Å². The summed E-state index contributed by atoms with van der Waals surface area (Å²) in [6.07, 6.45) is 0.790. The molecular formula is C23H29N3O5. The van der Waals surface area contributed by atoms with Crippen molar-refractivity contribution in [2.75, 3.05) is 31.6 Å². The predicted molar refractivity (Wildman–Crippen MR) is 119 cm³/mol. The van der Waals surface area contributed by atoms with Gasteiger partial charge in [0.2, 0.25) is 5.91 Å². The summed E-state index contributed by atoms with van der Waals surface area (Å²) in [6.45, 7) is 10.1. The first-order chi connectivity index (χ1) is 14.8. The number of fused-ring (bicyclic) bond motifs is 1. The van der Waals surface area contributed by atoms with Crippen LogP contribution in [0.2, 0.25) is 0 Å². The second-order valence-electron chi connectivity index (χ2n) is 7.60. The number of rotatable bonds is 8. The molecule has 3 rings (SSSR count). The molecule has 1 aliphatic heterocycles. The van der Waals surface area contributed by atoms with Crippen LogP contribution in [0.15, 0.2) is 24.3 Å². The van der Waals surface area contributed by atoms with Gasteiger partial charge in [-0.3, -0.25) is 19.8 Å². The zero-order chi connectivity index (χ0) is 22.5. The largest absolute Gasteiger partial charge is 0.490 e. The van der Waals surface area contributed by atoms with E-state index < -0.39 is 4.92 Å². The third-order valence-corrected chi connectivity index (χ3v) is 5.50. The first-order valence-electron chi connectivity index (χ1n) is 10.5. The van der Waals surface area contributed by atoms with Gasteiger partial charge >= 0.3 is 0 Å². The lowest BCUT2D eigenvalue weighted by Gasteiger charge is -2.29. The van der Waals surface area contributed by atoms with Crippen molar-refractivity contribution in [3.63, 3.8) is 0 Å². The summed E-state index contributed by atoms with van der Waals surface area (Å²) in [7, 11) is 0. The average molecular weight is 428 g/mol. The minimum absolute atomic E-state index is 0.0924. The summed E-state index contributed by atoms with van der Waals surface area (Å²) >= 11 is 0. The standard InChI is InChI=1S/C23H29N3O5/c1-5-30-20-11-17-9-10-25(13-18(17)12-21(20)31-6-2)14-22(27)24-23-16(4)15(3)7-8-19(23)26(28)29/h7-8,11-12H,5-6,9-10,13-14H2,1-4H3,(H,24,27). The smallest absolute Gasteiger partial charge is 0.293 e. The zero-order valence-corrected chi connectivity index (χ0v) is 18.5. The van der Waals surface area contributed by atoms with Gasteiger partial charge in [-0.15, -0.1) is 0 Å². The second-order valence-corrected chi connectivity index (χ2v) is 7.60. The molecule has 0 aromatic heterocycles. The molecule has 0 saturated carbocycles. The van der Waals surface area contributed by atoms with Crippen molar-refractivity contribution >= 4 is 17.3 Å². The fourth-order valence-electron chi connectivity index (χ4n) is 3.79. The topological polar surface area (TPSA) is 93.9 Å². The van der Waals surface area contributed by atoms with Crippen molar-refractivity contribution < 1.29 is 19.2 Å². The number of amides is 1. The van der Waals surface area contributed by atoms with Crippen molar-refractivity contribution in [2.24, 2.45) is 0 Å². The quantitative estimate of drug-likeness (QED) is 0.505. The van der Waals surface area contributed by atoms with Crippen molar-refractivity contribution in [1.29, 1.82) is 0 Å². The lowest BCUT2D eigenvalue weighted by molar-refractivity contribution is -0.384. The Kier molecular flexibility index (Phi) is 7.12. The lowest BCUT2D eigenvalue weighted by atomic mass is 9.98. The minimum Gasteiger partial charge on any atom is -0.490 e. The first-order valence-corrected chi connectivity index (χ1v) is 10.5. The van der Waals surface area contributed by atoms with Crippen LogP contribution in [0.1, 0.15) is 36.1 Å². The maximum absolute atomic E-state index is 12.7. The number of hydrogen-bond donors (Lipinski definition) is 1. The van der Waals surface area contributed by atoms with Crippen LogP contribution in [-0.4, -0.2) is 42.0 Å². The molecule has 1 heterocycles. The molecule has 0 bridgehead atoms. The van der Waals surface area contributed by atoms with E-state index in [1.165, 1.54) is 11.6 Å². The molecule has 0 unspecified atom stereocenters. The number of carbonyl (C=O) groups excluding carboxylic acids is 1. The summed E-state index contributed by atoms with van der Waals surface area (Å²) in [5.41, 5.74) is 4.06. The monoisotopic (exact) mass is 427 g/mol. The highest BCUT2D eigenvalue weighted by Gasteiger charge is 2.24. The van der Waals surface area contributed by atoms with Gasteiger partial charge in [-0.1, -0.05) is 6.07 Å². The molecule has 2 aromatic carbocycles. The van der Waals surface area contributed by atoms with Crippen LogP contribution in [0, 0.1) is 24.0 Å². The van der Waals surface area contributed by atoms with Crippen LogP contribution in [0.5, 0.6) is 11.5 Å². The molecule has 2 aromatic rings. The summed E-state index contributed by atoms with van der Waals surface area (Å²) in [5, 5.41) is 14.1.